The molecule has 4 heteroatoms. The van der Waals surface area contributed by atoms with Crippen molar-refractivity contribution in [2.24, 2.45) is 0 Å². The first kappa shape index (κ1) is 19.1. The second kappa shape index (κ2) is 8.79. The molecular weight excluding hydrogens is 346 g/mol. The summed E-state index contributed by atoms with van der Waals surface area (Å²) in [7, 11) is 0. The second-order valence-corrected chi connectivity index (χ2v) is 7.11. The van der Waals surface area contributed by atoms with Crippen LogP contribution >= 0.6 is 12.4 Å². The number of halogens is 1. The van der Waals surface area contributed by atoms with Crippen LogP contribution in [0.4, 0.5) is 0 Å². The SMILES string of the molecule is CCCN1CCC[C@H]2c3c(OCc4ccccc4)cccc3OC[C@@H]21.Cl. The van der Waals surface area contributed by atoms with E-state index in [0.717, 1.165) is 24.7 Å². The molecule has 0 amide bonds. The Bertz CT molecular complexity index is 705. The maximum absolute atomic E-state index is 6.24. The van der Waals surface area contributed by atoms with Gasteiger partial charge >= 0.3 is 0 Å². The average molecular weight is 374 g/mol. The van der Waals surface area contributed by atoms with Crippen LogP contribution in [-0.2, 0) is 6.61 Å². The molecule has 0 radical (unpaired) electrons. The number of nitrogens with zero attached hydrogens (tertiary/aromatic N) is 1. The van der Waals surface area contributed by atoms with Crippen molar-refractivity contribution in [3.63, 3.8) is 0 Å². The van der Waals surface area contributed by atoms with E-state index in [0.29, 0.717) is 18.6 Å². The molecule has 1 fully saturated rings. The van der Waals surface area contributed by atoms with Gasteiger partial charge in [0.05, 0.1) is 6.04 Å². The molecule has 0 bridgehead atoms. The zero-order chi connectivity index (χ0) is 17.1. The van der Waals surface area contributed by atoms with Gasteiger partial charge in [-0.2, -0.15) is 0 Å². The van der Waals surface area contributed by atoms with Crippen molar-refractivity contribution in [2.45, 2.75) is 44.8 Å². The Hall–Kier alpha value is -1.71. The third-order valence-electron chi connectivity index (χ3n) is 5.45. The molecule has 2 aromatic rings. The highest BCUT2D eigenvalue weighted by Gasteiger charge is 2.38. The average Bonchev–Trinajstić information content (AvgIpc) is 2.67. The quantitative estimate of drug-likeness (QED) is 0.733. The predicted octanol–water partition coefficient (Wildman–Crippen LogP) is 5.04. The molecule has 4 rings (SSSR count). The lowest BCUT2D eigenvalue weighted by atomic mass is 9.81. The fourth-order valence-corrected chi connectivity index (χ4v) is 4.30. The van der Waals surface area contributed by atoms with Gasteiger partial charge in [-0.3, -0.25) is 4.90 Å². The van der Waals surface area contributed by atoms with Crippen LogP contribution in [0.3, 0.4) is 0 Å². The van der Waals surface area contributed by atoms with Crippen LogP contribution in [0, 0.1) is 0 Å². The Balaban J connectivity index is 0.00000196. The zero-order valence-corrected chi connectivity index (χ0v) is 16.2. The first-order valence-corrected chi connectivity index (χ1v) is 9.53. The third kappa shape index (κ3) is 3.84. The summed E-state index contributed by atoms with van der Waals surface area (Å²) in [6, 6.07) is 17.1. The maximum Gasteiger partial charge on any atom is 0.127 e. The van der Waals surface area contributed by atoms with Crippen LogP contribution in [0.1, 0.15) is 43.2 Å². The Labute approximate surface area is 162 Å². The molecule has 1 saturated heterocycles. The summed E-state index contributed by atoms with van der Waals surface area (Å²) in [5.74, 6) is 2.54. The highest BCUT2D eigenvalue weighted by atomic mass is 35.5. The van der Waals surface area contributed by atoms with E-state index in [-0.39, 0.29) is 12.4 Å². The van der Waals surface area contributed by atoms with Crippen molar-refractivity contribution in [3.8, 4) is 11.5 Å². The molecule has 0 spiro atoms. The summed E-state index contributed by atoms with van der Waals surface area (Å²) in [6.45, 7) is 6.02. The molecule has 0 aliphatic carbocycles. The molecule has 2 atom stereocenters. The molecule has 0 N–H and O–H groups in total. The monoisotopic (exact) mass is 373 g/mol. The van der Waals surface area contributed by atoms with E-state index >= 15 is 0 Å². The highest BCUT2D eigenvalue weighted by molar-refractivity contribution is 5.85. The molecular formula is C22H28ClNO2. The Morgan fingerprint density at radius 2 is 1.96 bits per heavy atom. The normalized spacial score (nSPS) is 21.7. The minimum absolute atomic E-state index is 0. The number of rotatable bonds is 5. The van der Waals surface area contributed by atoms with E-state index in [1.165, 1.54) is 36.9 Å². The number of likely N-dealkylation sites (tertiary alicyclic amines) is 1. The van der Waals surface area contributed by atoms with Gasteiger partial charge in [0.2, 0.25) is 0 Å². The molecule has 2 aliphatic heterocycles. The molecule has 26 heavy (non-hydrogen) atoms. The molecule has 2 aliphatic rings. The lowest BCUT2D eigenvalue weighted by molar-refractivity contribution is 0.0640. The number of piperidine rings is 1. The van der Waals surface area contributed by atoms with Crippen LogP contribution in [0.25, 0.3) is 0 Å². The van der Waals surface area contributed by atoms with Crippen LogP contribution in [-0.4, -0.2) is 30.6 Å². The summed E-state index contributed by atoms with van der Waals surface area (Å²) in [5.41, 5.74) is 2.49. The Morgan fingerprint density at radius 1 is 1.12 bits per heavy atom. The minimum atomic E-state index is 0. The van der Waals surface area contributed by atoms with Gasteiger partial charge in [0, 0.05) is 11.5 Å². The summed E-state index contributed by atoms with van der Waals surface area (Å²) in [4.78, 5) is 2.62. The fraction of sp³-hybridized carbons (Fsp3) is 0.455. The Morgan fingerprint density at radius 3 is 2.77 bits per heavy atom. The molecule has 2 heterocycles. The largest absolute Gasteiger partial charge is 0.491 e. The molecule has 0 aromatic heterocycles. The number of hydrogen-bond acceptors (Lipinski definition) is 3. The summed E-state index contributed by atoms with van der Waals surface area (Å²) < 4.78 is 12.4. The summed E-state index contributed by atoms with van der Waals surface area (Å²) >= 11 is 0. The smallest absolute Gasteiger partial charge is 0.127 e. The van der Waals surface area contributed by atoms with Gasteiger partial charge in [0.15, 0.2) is 0 Å². The summed E-state index contributed by atoms with van der Waals surface area (Å²) in [6.07, 6.45) is 3.68. The van der Waals surface area contributed by atoms with Crippen LogP contribution in [0.5, 0.6) is 11.5 Å². The van der Waals surface area contributed by atoms with E-state index < -0.39 is 0 Å². The minimum Gasteiger partial charge on any atom is -0.491 e. The van der Waals surface area contributed by atoms with Crippen LogP contribution in [0.2, 0.25) is 0 Å². The van der Waals surface area contributed by atoms with E-state index in [2.05, 4.69) is 48.2 Å². The fourth-order valence-electron chi connectivity index (χ4n) is 4.30. The molecule has 2 aromatic carbocycles. The third-order valence-corrected chi connectivity index (χ3v) is 5.45. The van der Waals surface area contributed by atoms with E-state index in [9.17, 15) is 0 Å². The summed E-state index contributed by atoms with van der Waals surface area (Å²) in [5, 5.41) is 0. The van der Waals surface area contributed by atoms with Crippen molar-refractivity contribution in [1.29, 1.82) is 0 Å². The predicted molar refractivity (Wildman–Crippen MR) is 108 cm³/mol. The van der Waals surface area contributed by atoms with Crippen molar-refractivity contribution >= 4 is 12.4 Å². The molecule has 0 unspecified atom stereocenters. The molecule has 3 nitrogen and oxygen atoms in total. The number of hydrogen-bond donors (Lipinski definition) is 0. The van der Waals surface area contributed by atoms with Crippen molar-refractivity contribution in [1.82, 2.24) is 4.90 Å². The number of benzene rings is 2. The van der Waals surface area contributed by atoms with Gasteiger partial charge in [0.1, 0.15) is 24.7 Å². The topological polar surface area (TPSA) is 21.7 Å². The van der Waals surface area contributed by atoms with Gasteiger partial charge in [-0.15, -0.1) is 12.4 Å². The number of ether oxygens (including phenoxy) is 2. The van der Waals surface area contributed by atoms with E-state index in [1.54, 1.807) is 0 Å². The number of fused-ring (bicyclic) bond motifs is 3. The van der Waals surface area contributed by atoms with Crippen LogP contribution in [0.15, 0.2) is 48.5 Å². The maximum atomic E-state index is 6.24. The van der Waals surface area contributed by atoms with Crippen molar-refractivity contribution in [2.75, 3.05) is 19.7 Å². The molecule has 0 saturated carbocycles. The second-order valence-electron chi connectivity index (χ2n) is 7.11. The van der Waals surface area contributed by atoms with E-state index in [1.807, 2.05) is 12.1 Å². The van der Waals surface area contributed by atoms with Gasteiger partial charge in [-0.05, 0) is 50.0 Å². The van der Waals surface area contributed by atoms with Gasteiger partial charge < -0.3 is 9.47 Å². The Kier molecular flexibility index (Phi) is 6.44. The standard InChI is InChI=1S/C22H27NO2.ClH/c1-2-13-23-14-7-10-18-19(23)16-25-21-12-6-11-20(22(18)21)24-15-17-8-4-3-5-9-17;/h3-6,8-9,11-12,18-19H,2,7,10,13-16H2,1H3;1H/t18-,19+;/m1./s1. The highest BCUT2D eigenvalue weighted by Crippen LogP contribution is 2.45. The van der Waals surface area contributed by atoms with Crippen LogP contribution < -0.4 is 9.47 Å². The lowest BCUT2D eigenvalue weighted by Crippen LogP contribution is -2.49. The van der Waals surface area contributed by atoms with Crippen molar-refractivity contribution in [3.05, 3.63) is 59.7 Å². The van der Waals surface area contributed by atoms with E-state index in [4.69, 9.17) is 9.47 Å². The zero-order valence-electron chi connectivity index (χ0n) is 15.4. The first-order chi connectivity index (χ1) is 12.4. The van der Waals surface area contributed by atoms with Gasteiger partial charge in [0.25, 0.3) is 0 Å². The molecule has 140 valence electrons. The van der Waals surface area contributed by atoms with Crippen molar-refractivity contribution < 1.29 is 9.47 Å². The van der Waals surface area contributed by atoms with Gasteiger partial charge in [-0.1, -0.05) is 43.3 Å². The lowest BCUT2D eigenvalue weighted by Gasteiger charge is -2.44. The van der Waals surface area contributed by atoms with Gasteiger partial charge in [-0.25, -0.2) is 0 Å². The first-order valence-electron chi connectivity index (χ1n) is 9.53.